The highest BCUT2D eigenvalue weighted by Gasteiger charge is 2.25. The van der Waals surface area contributed by atoms with Crippen LogP contribution in [0.1, 0.15) is 11.5 Å². The minimum Gasteiger partial charge on any atom is -0.461 e. The maximum atomic E-state index is 6.06. The van der Waals surface area contributed by atoms with Crippen molar-refractivity contribution in [3.05, 3.63) is 35.7 Å². The zero-order valence-electron chi connectivity index (χ0n) is 15.8. The van der Waals surface area contributed by atoms with Crippen LogP contribution in [0.3, 0.4) is 0 Å². The van der Waals surface area contributed by atoms with Crippen molar-refractivity contribution in [1.29, 1.82) is 0 Å². The molecule has 0 aliphatic carbocycles. The predicted molar refractivity (Wildman–Crippen MR) is 110 cm³/mol. The van der Waals surface area contributed by atoms with E-state index < -0.39 is 0 Å². The fourth-order valence-corrected chi connectivity index (χ4v) is 4.42. The first-order valence-electron chi connectivity index (χ1n) is 9.17. The monoisotopic (exact) mass is 412 g/mol. The zero-order chi connectivity index (χ0) is 20.0. The first-order chi connectivity index (χ1) is 14.1. The van der Waals surface area contributed by atoms with E-state index >= 15 is 0 Å². The molecule has 0 unspecified atom stereocenters. The smallest absolute Gasteiger partial charge is 0.231 e. The number of aryl methyl sites for hydroxylation is 1. The molecule has 5 N–H and O–H groups in total. The molecule has 0 bridgehead atoms. The Labute approximate surface area is 171 Å². The van der Waals surface area contributed by atoms with Gasteiger partial charge in [0, 0.05) is 23.5 Å². The van der Waals surface area contributed by atoms with Crippen molar-refractivity contribution in [1.82, 2.24) is 9.55 Å². The zero-order valence-corrected chi connectivity index (χ0v) is 16.6. The molecule has 0 saturated carbocycles. The summed E-state index contributed by atoms with van der Waals surface area (Å²) in [6.07, 6.45) is 0. The minimum absolute atomic E-state index is 0.201. The number of imidazole rings is 1. The van der Waals surface area contributed by atoms with Crippen molar-refractivity contribution >= 4 is 23.4 Å². The van der Waals surface area contributed by atoms with Gasteiger partial charge in [0.25, 0.3) is 0 Å². The number of aliphatic imine (C=N–C) groups is 1. The lowest BCUT2D eigenvalue weighted by atomic mass is 10.1. The lowest BCUT2D eigenvalue weighted by molar-refractivity contribution is 0.174. The van der Waals surface area contributed by atoms with Crippen molar-refractivity contribution in [2.45, 2.75) is 23.5 Å². The summed E-state index contributed by atoms with van der Waals surface area (Å²) < 4.78 is 19.1. The Morgan fingerprint density at radius 3 is 2.83 bits per heavy atom. The highest BCUT2D eigenvalue weighted by atomic mass is 32.2. The van der Waals surface area contributed by atoms with Crippen LogP contribution in [0, 0.1) is 6.92 Å². The van der Waals surface area contributed by atoms with Crippen LogP contribution < -0.4 is 26.3 Å². The van der Waals surface area contributed by atoms with Crippen molar-refractivity contribution in [3.8, 4) is 22.8 Å². The molecule has 10 heteroatoms. The van der Waals surface area contributed by atoms with Gasteiger partial charge < -0.3 is 35.2 Å². The molecule has 5 rings (SSSR count). The van der Waals surface area contributed by atoms with Gasteiger partial charge in [0.2, 0.25) is 6.79 Å². The molecule has 150 valence electrons. The number of amidine groups is 1. The largest absolute Gasteiger partial charge is 0.461 e. The van der Waals surface area contributed by atoms with Gasteiger partial charge in [0.15, 0.2) is 16.7 Å². The summed E-state index contributed by atoms with van der Waals surface area (Å²) in [7, 11) is 0. The highest BCUT2D eigenvalue weighted by Crippen LogP contribution is 2.45. The van der Waals surface area contributed by atoms with E-state index in [1.165, 1.54) is 11.8 Å². The standard InChI is InChI=1S/C19H20N6O3S/c1-10-2-3-12(28-10)11-6-13-14(27-9-26-13)7-15(11)29-19-24-16-17(21)22-8-23-18(16)25(19)5-4-20/h2-3,6-7,23H,4-5,8-9,20H2,1H3,(H2,21,22). The molecule has 4 heterocycles. The molecule has 0 saturated heterocycles. The first kappa shape index (κ1) is 18.0. The van der Waals surface area contributed by atoms with Crippen molar-refractivity contribution in [2.24, 2.45) is 16.5 Å². The molecule has 9 nitrogen and oxygen atoms in total. The third kappa shape index (κ3) is 3.10. The summed E-state index contributed by atoms with van der Waals surface area (Å²) in [5.74, 6) is 4.23. The van der Waals surface area contributed by atoms with Gasteiger partial charge in [-0.25, -0.2) is 9.98 Å². The van der Waals surface area contributed by atoms with Crippen molar-refractivity contribution < 1.29 is 13.9 Å². The highest BCUT2D eigenvalue weighted by molar-refractivity contribution is 7.99. The van der Waals surface area contributed by atoms with E-state index in [9.17, 15) is 0 Å². The van der Waals surface area contributed by atoms with Crippen LogP contribution in [0.25, 0.3) is 11.3 Å². The van der Waals surface area contributed by atoms with Crippen LogP contribution >= 0.6 is 11.8 Å². The summed E-state index contributed by atoms with van der Waals surface area (Å²) in [6, 6.07) is 7.77. The summed E-state index contributed by atoms with van der Waals surface area (Å²) in [4.78, 5) is 9.88. The number of hydrogen-bond donors (Lipinski definition) is 3. The van der Waals surface area contributed by atoms with Crippen LogP contribution in [0.4, 0.5) is 5.82 Å². The molecule has 2 aliphatic rings. The van der Waals surface area contributed by atoms with E-state index in [0.717, 1.165) is 33.0 Å². The molecule has 0 atom stereocenters. The van der Waals surface area contributed by atoms with Gasteiger partial charge in [-0.2, -0.15) is 0 Å². The Balaban J connectivity index is 1.61. The Bertz CT molecular complexity index is 1120. The van der Waals surface area contributed by atoms with Gasteiger partial charge in [-0.05, 0) is 31.2 Å². The minimum atomic E-state index is 0.201. The third-order valence-electron chi connectivity index (χ3n) is 4.71. The molecule has 2 aromatic heterocycles. The Morgan fingerprint density at radius 1 is 1.24 bits per heavy atom. The average Bonchev–Trinajstić information content (AvgIpc) is 3.42. The van der Waals surface area contributed by atoms with Crippen LogP contribution in [0.15, 0.2) is 43.7 Å². The molecular formula is C19H20N6O3S. The van der Waals surface area contributed by atoms with Crippen molar-refractivity contribution in [2.75, 3.05) is 25.3 Å². The van der Waals surface area contributed by atoms with Gasteiger partial charge in [-0.3, -0.25) is 0 Å². The second-order valence-corrected chi connectivity index (χ2v) is 7.63. The molecule has 0 fully saturated rings. The van der Waals surface area contributed by atoms with Crippen LogP contribution in [0.5, 0.6) is 11.5 Å². The normalized spacial score (nSPS) is 14.5. The number of benzene rings is 1. The molecule has 2 aliphatic heterocycles. The second-order valence-electron chi connectivity index (χ2n) is 6.62. The number of nitrogens with zero attached hydrogens (tertiary/aromatic N) is 3. The lowest BCUT2D eigenvalue weighted by Crippen LogP contribution is -2.24. The quantitative estimate of drug-likeness (QED) is 0.583. The SMILES string of the molecule is Cc1ccc(-c2cc3c(cc2Sc2nc4c(n2CCN)NCN=C4N)OCO3)o1. The number of hydrogen-bond acceptors (Lipinski definition) is 9. The van der Waals surface area contributed by atoms with E-state index in [1.54, 1.807) is 0 Å². The van der Waals surface area contributed by atoms with E-state index in [4.69, 9.17) is 30.3 Å². The molecular weight excluding hydrogens is 392 g/mol. The van der Waals surface area contributed by atoms with Crippen LogP contribution in [0.2, 0.25) is 0 Å². The fourth-order valence-electron chi connectivity index (χ4n) is 3.36. The first-order valence-corrected chi connectivity index (χ1v) is 9.98. The molecule has 29 heavy (non-hydrogen) atoms. The number of nitrogens with one attached hydrogen (secondary N) is 1. The Morgan fingerprint density at radius 2 is 2.07 bits per heavy atom. The van der Waals surface area contributed by atoms with Gasteiger partial charge >= 0.3 is 0 Å². The number of furan rings is 1. The van der Waals surface area contributed by atoms with Gasteiger partial charge in [-0.1, -0.05) is 11.8 Å². The summed E-state index contributed by atoms with van der Waals surface area (Å²) in [5.41, 5.74) is 13.5. The topological polar surface area (TPSA) is 126 Å². The summed E-state index contributed by atoms with van der Waals surface area (Å²) in [5, 5.41) is 4.01. The number of aromatic nitrogens is 2. The number of anilines is 1. The lowest BCUT2D eigenvalue weighted by Gasteiger charge is -2.15. The van der Waals surface area contributed by atoms with E-state index in [2.05, 4.69) is 10.3 Å². The molecule has 1 aromatic carbocycles. The fraction of sp³-hybridized carbons (Fsp3) is 0.263. The molecule has 3 aromatic rings. The Hall–Kier alpha value is -3.11. The second kappa shape index (κ2) is 7.05. The van der Waals surface area contributed by atoms with E-state index in [0.29, 0.717) is 42.8 Å². The van der Waals surface area contributed by atoms with Gasteiger partial charge in [0.1, 0.15) is 35.5 Å². The van der Waals surface area contributed by atoms with Gasteiger partial charge in [-0.15, -0.1) is 0 Å². The maximum Gasteiger partial charge on any atom is 0.231 e. The summed E-state index contributed by atoms with van der Waals surface area (Å²) >= 11 is 1.50. The molecule has 0 amide bonds. The number of ether oxygens (including phenoxy) is 2. The Kier molecular flexibility index (Phi) is 4.36. The van der Waals surface area contributed by atoms with Crippen LogP contribution in [-0.2, 0) is 6.54 Å². The third-order valence-corrected chi connectivity index (χ3v) is 5.76. The molecule has 0 radical (unpaired) electrons. The average molecular weight is 412 g/mol. The molecule has 0 spiro atoms. The predicted octanol–water partition coefficient (Wildman–Crippen LogP) is 2.38. The van der Waals surface area contributed by atoms with Crippen molar-refractivity contribution in [3.63, 3.8) is 0 Å². The van der Waals surface area contributed by atoms with E-state index in [1.807, 2.05) is 35.8 Å². The van der Waals surface area contributed by atoms with Crippen LogP contribution in [-0.4, -0.2) is 35.4 Å². The van der Waals surface area contributed by atoms with E-state index in [-0.39, 0.29) is 6.79 Å². The summed E-state index contributed by atoms with van der Waals surface area (Å²) in [6.45, 7) is 3.61. The van der Waals surface area contributed by atoms with Gasteiger partial charge in [0.05, 0.1) is 0 Å². The number of nitrogens with two attached hydrogens (primary N) is 2. The number of rotatable bonds is 5. The number of fused-ring (bicyclic) bond motifs is 2. The maximum absolute atomic E-state index is 6.06.